The molecule has 2 aromatic carbocycles. The van der Waals surface area contributed by atoms with Crippen LogP contribution in [0.3, 0.4) is 0 Å². The Kier molecular flexibility index (Phi) is 5.77. The number of hydrogen-bond donors (Lipinski definition) is 1. The van der Waals surface area contributed by atoms with E-state index in [-0.39, 0.29) is 0 Å². The quantitative estimate of drug-likeness (QED) is 0.604. The van der Waals surface area contributed by atoms with Gasteiger partial charge < -0.3 is 5.11 Å². The monoisotopic (exact) mass is 280 g/mol. The van der Waals surface area contributed by atoms with Gasteiger partial charge in [0.05, 0.1) is 0 Å². The highest BCUT2D eigenvalue weighted by Gasteiger charge is 1.96. The third kappa shape index (κ3) is 5.65. The van der Waals surface area contributed by atoms with E-state index in [4.69, 9.17) is 5.11 Å². The summed E-state index contributed by atoms with van der Waals surface area (Å²) in [5, 5.41) is 8.58. The number of carbonyl (C=O) groups is 1. The lowest BCUT2D eigenvalue weighted by atomic mass is 10.0. The van der Waals surface area contributed by atoms with Gasteiger partial charge in [-0.1, -0.05) is 54.6 Å². The molecule has 2 heteroatoms. The molecule has 0 radical (unpaired) electrons. The molecule has 0 saturated carbocycles. The van der Waals surface area contributed by atoms with E-state index in [2.05, 4.69) is 36.4 Å². The van der Waals surface area contributed by atoms with Gasteiger partial charge in [-0.3, -0.25) is 0 Å². The van der Waals surface area contributed by atoms with Crippen molar-refractivity contribution in [3.8, 4) is 0 Å². The fourth-order valence-corrected chi connectivity index (χ4v) is 2.27. The average Bonchev–Trinajstić information content (AvgIpc) is 2.52. The number of rotatable bonds is 7. The maximum absolute atomic E-state index is 10.4. The molecule has 2 nitrogen and oxygen atoms in total. The van der Waals surface area contributed by atoms with Crippen LogP contribution in [0.4, 0.5) is 0 Å². The highest BCUT2D eigenvalue weighted by molar-refractivity contribution is 5.85. The Balaban J connectivity index is 1.75. The molecule has 0 aliphatic carbocycles. The van der Waals surface area contributed by atoms with Gasteiger partial charge in [0.25, 0.3) is 0 Å². The molecule has 0 aliphatic heterocycles. The van der Waals surface area contributed by atoms with Crippen LogP contribution in [-0.2, 0) is 17.6 Å². The summed E-state index contributed by atoms with van der Waals surface area (Å²) in [5.74, 6) is -0.917. The SMILES string of the molecule is O=C(O)C=Cc1ccc(CCCCc2ccccc2)cc1. The summed E-state index contributed by atoms with van der Waals surface area (Å²) >= 11 is 0. The zero-order valence-corrected chi connectivity index (χ0v) is 12.0. The molecule has 0 bridgehead atoms. The molecule has 0 heterocycles. The van der Waals surface area contributed by atoms with E-state index in [1.165, 1.54) is 24.0 Å². The number of aryl methyl sites for hydroxylation is 2. The second-order valence-electron chi connectivity index (χ2n) is 5.11. The first-order valence-corrected chi connectivity index (χ1v) is 7.28. The zero-order chi connectivity index (χ0) is 14.9. The van der Waals surface area contributed by atoms with Crippen molar-refractivity contribution < 1.29 is 9.90 Å². The molecule has 0 aromatic heterocycles. The van der Waals surface area contributed by atoms with E-state index in [0.29, 0.717) is 0 Å². The van der Waals surface area contributed by atoms with E-state index in [9.17, 15) is 4.79 Å². The average molecular weight is 280 g/mol. The van der Waals surface area contributed by atoms with Crippen molar-refractivity contribution in [1.82, 2.24) is 0 Å². The van der Waals surface area contributed by atoms with Gasteiger partial charge in [-0.2, -0.15) is 0 Å². The van der Waals surface area contributed by atoms with Crippen molar-refractivity contribution in [1.29, 1.82) is 0 Å². The standard InChI is InChI=1S/C19H20O2/c20-19(21)15-14-18-12-10-17(11-13-18)9-5-4-8-16-6-2-1-3-7-16/h1-3,6-7,10-15H,4-5,8-9H2,(H,20,21). The number of benzene rings is 2. The largest absolute Gasteiger partial charge is 0.478 e. The van der Waals surface area contributed by atoms with Crippen LogP contribution in [0.25, 0.3) is 6.08 Å². The highest BCUT2D eigenvalue weighted by atomic mass is 16.4. The molecule has 0 spiro atoms. The summed E-state index contributed by atoms with van der Waals surface area (Å²) in [7, 11) is 0. The van der Waals surface area contributed by atoms with Crippen molar-refractivity contribution >= 4 is 12.0 Å². The summed E-state index contributed by atoms with van der Waals surface area (Å²) in [6.07, 6.45) is 7.32. The third-order valence-corrected chi connectivity index (χ3v) is 3.42. The van der Waals surface area contributed by atoms with Gasteiger partial charge in [0.1, 0.15) is 0 Å². The van der Waals surface area contributed by atoms with Crippen LogP contribution in [0.1, 0.15) is 29.5 Å². The second-order valence-corrected chi connectivity index (χ2v) is 5.11. The predicted molar refractivity (Wildman–Crippen MR) is 86.2 cm³/mol. The fourth-order valence-electron chi connectivity index (χ4n) is 2.27. The molecule has 0 amide bonds. The Hall–Kier alpha value is -2.35. The molecule has 0 fully saturated rings. The first kappa shape index (κ1) is 15.0. The smallest absolute Gasteiger partial charge is 0.328 e. The van der Waals surface area contributed by atoms with Crippen LogP contribution in [0.2, 0.25) is 0 Å². The molecule has 108 valence electrons. The summed E-state index contributed by atoms with van der Waals surface area (Å²) in [6.45, 7) is 0. The Bertz CT molecular complexity index is 583. The lowest BCUT2D eigenvalue weighted by Crippen LogP contribution is -1.90. The lowest BCUT2D eigenvalue weighted by molar-refractivity contribution is -0.131. The summed E-state index contributed by atoms with van der Waals surface area (Å²) in [5.41, 5.74) is 3.62. The number of carboxylic acid groups (broad SMARTS) is 1. The molecule has 0 atom stereocenters. The topological polar surface area (TPSA) is 37.3 Å². The van der Waals surface area contributed by atoms with Crippen molar-refractivity contribution in [2.75, 3.05) is 0 Å². The fraction of sp³-hybridized carbons (Fsp3) is 0.211. The maximum Gasteiger partial charge on any atom is 0.328 e. The minimum Gasteiger partial charge on any atom is -0.478 e. The predicted octanol–water partition coefficient (Wildman–Crippen LogP) is 4.35. The number of aliphatic carboxylic acids is 1. The minimum atomic E-state index is -0.917. The Morgan fingerprint density at radius 3 is 2.00 bits per heavy atom. The molecule has 2 aromatic rings. The van der Waals surface area contributed by atoms with Crippen molar-refractivity contribution in [3.63, 3.8) is 0 Å². The van der Waals surface area contributed by atoms with Crippen LogP contribution < -0.4 is 0 Å². The van der Waals surface area contributed by atoms with E-state index < -0.39 is 5.97 Å². The van der Waals surface area contributed by atoms with Gasteiger partial charge in [0.2, 0.25) is 0 Å². The Morgan fingerprint density at radius 1 is 0.857 bits per heavy atom. The molecule has 2 rings (SSSR count). The third-order valence-electron chi connectivity index (χ3n) is 3.42. The van der Waals surface area contributed by atoms with Gasteiger partial charge in [-0.25, -0.2) is 4.79 Å². The molecular formula is C19H20O2. The first-order chi connectivity index (χ1) is 10.2. The van der Waals surface area contributed by atoms with Crippen LogP contribution in [-0.4, -0.2) is 11.1 Å². The zero-order valence-electron chi connectivity index (χ0n) is 12.0. The van der Waals surface area contributed by atoms with Crippen LogP contribution >= 0.6 is 0 Å². The van der Waals surface area contributed by atoms with Gasteiger partial charge in [0, 0.05) is 6.08 Å². The van der Waals surface area contributed by atoms with Crippen LogP contribution in [0.5, 0.6) is 0 Å². The van der Waals surface area contributed by atoms with E-state index in [0.717, 1.165) is 24.5 Å². The van der Waals surface area contributed by atoms with Crippen molar-refractivity contribution in [2.24, 2.45) is 0 Å². The molecule has 1 N–H and O–H groups in total. The maximum atomic E-state index is 10.4. The summed E-state index contributed by atoms with van der Waals surface area (Å²) < 4.78 is 0. The Morgan fingerprint density at radius 2 is 1.43 bits per heavy atom. The van der Waals surface area contributed by atoms with E-state index in [1.807, 2.05) is 18.2 Å². The lowest BCUT2D eigenvalue weighted by Gasteiger charge is -2.03. The first-order valence-electron chi connectivity index (χ1n) is 7.28. The second kappa shape index (κ2) is 8.05. The van der Waals surface area contributed by atoms with Gasteiger partial charge in [-0.15, -0.1) is 0 Å². The van der Waals surface area contributed by atoms with Gasteiger partial charge in [0.15, 0.2) is 0 Å². The number of carboxylic acids is 1. The highest BCUT2D eigenvalue weighted by Crippen LogP contribution is 2.11. The molecule has 0 saturated heterocycles. The minimum absolute atomic E-state index is 0.917. The molecule has 0 aliphatic rings. The van der Waals surface area contributed by atoms with Crippen molar-refractivity contribution in [3.05, 3.63) is 77.4 Å². The molecule has 0 unspecified atom stereocenters. The number of unbranched alkanes of at least 4 members (excludes halogenated alkanes) is 1. The summed E-state index contributed by atoms with van der Waals surface area (Å²) in [6, 6.07) is 18.6. The normalized spacial score (nSPS) is 10.9. The van der Waals surface area contributed by atoms with E-state index in [1.54, 1.807) is 6.08 Å². The van der Waals surface area contributed by atoms with Gasteiger partial charge in [-0.05, 0) is 48.4 Å². The summed E-state index contributed by atoms with van der Waals surface area (Å²) in [4.78, 5) is 10.4. The van der Waals surface area contributed by atoms with Crippen LogP contribution in [0, 0.1) is 0 Å². The van der Waals surface area contributed by atoms with Gasteiger partial charge >= 0.3 is 5.97 Å². The Labute approximate surface area is 125 Å². The molecular weight excluding hydrogens is 260 g/mol. The number of hydrogen-bond acceptors (Lipinski definition) is 1. The van der Waals surface area contributed by atoms with Crippen LogP contribution in [0.15, 0.2) is 60.7 Å². The molecule has 21 heavy (non-hydrogen) atoms. The van der Waals surface area contributed by atoms with Crippen molar-refractivity contribution in [2.45, 2.75) is 25.7 Å². The van der Waals surface area contributed by atoms with E-state index >= 15 is 0 Å².